The van der Waals surface area contributed by atoms with Gasteiger partial charge in [-0.1, -0.05) is 24.3 Å². The van der Waals surface area contributed by atoms with Gasteiger partial charge in [-0.3, -0.25) is 14.4 Å². The van der Waals surface area contributed by atoms with Crippen molar-refractivity contribution in [1.29, 1.82) is 0 Å². The number of para-hydroxylation sites is 1. The molecule has 2 aromatic carbocycles. The quantitative estimate of drug-likeness (QED) is 0.431. The number of likely N-dealkylation sites (tertiary alicyclic amines) is 1. The lowest BCUT2D eigenvalue weighted by Gasteiger charge is -2.32. The Morgan fingerprint density at radius 3 is 2.82 bits per heavy atom. The van der Waals surface area contributed by atoms with Gasteiger partial charge in [0.15, 0.2) is 0 Å². The van der Waals surface area contributed by atoms with Gasteiger partial charge >= 0.3 is 0 Å². The Morgan fingerprint density at radius 1 is 1.21 bits per heavy atom. The molecular formula is C24H33N3O5S. The van der Waals surface area contributed by atoms with Gasteiger partial charge in [-0.05, 0) is 56.0 Å². The maximum absolute atomic E-state index is 12.4. The van der Waals surface area contributed by atoms with Gasteiger partial charge in [0.1, 0.15) is 5.75 Å². The second-order valence-corrected chi connectivity index (χ2v) is 10.2. The maximum Gasteiger partial charge on any atom is 0.251 e. The molecule has 1 amide bonds. The van der Waals surface area contributed by atoms with Crippen LogP contribution in [-0.4, -0.2) is 63.4 Å². The van der Waals surface area contributed by atoms with E-state index < -0.39 is 10.0 Å². The van der Waals surface area contributed by atoms with Crippen LogP contribution in [0.15, 0.2) is 48.5 Å². The third kappa shape index (κ3) is 8.34. The monoisotopic (exact) mass is 475 g/mol. The number of anilines is 1. The minimum absolute atomic E-state index is 0.235. The molecule has 0 aromatic heterocycles. The minimum Gasteiger partial charge on any atom is -0.493 e. The van der Waals surface area contributed by atoms with Crippen molar-refractivity contribution < 1.29 is 23.1 Å². The zero-order valence-corrected chi connectivity index (χ0v) is 19.8. The number of piperidine rings is 1. The van der Waals surface area contributed by atoms with Crippen molar-refractivity contribution in [2.45, 2.75) is 25.8 Å². The lowest BCUT2D eigenvalue weighted by molar-refractivity contribution is 0.0951. The highest BCUT2D eigenvalue weighted by Gasteiger charge is 2.20. The number of nitrogens with one attached hydrogen (secondary N) is 2. The molecule has 0 spiro atoms. The first kappa shape index (κ1) is 25.0. The Balaban J connectivity index is 1.44. The summed E-state index contributed by atoms with van der Waals surface area (Å²) in [5.74, 6) is 0.920. The average molecular weight is 476 g/mol. The van der Waals surface area contributed by atoms with Gasteiger partial charge in [-0.2, -0.15) is 0 Å². The molecule has 1 aliphatic heterocycles. The van der Waals surface area contributed by atoms with Crippen LogP contribution in [0.1, 0.15) is 35.2 Å². The third-order valence-electron chi connectivity index (χ3n) is 5.52. The lowest BCUT2D eigenvalue weighted by atomic mass is 9.98. The molecule has 1 atom stereocenters. The van der Waals surface area contributed by atoms with E-state index in [0.717, 1.165) is 50.0 Å². The van der Waals surface area contributed by atoms with Crippen LogP contribution in [0, 0.1) is 5.92 Å². The van der Waals surface area contributed by atoms with Gasteiger partial charge in [-0.25, -0.2) is 8.42 Å². The number of carbonyl (C=O) groups is 1. The number of ether oxygens (including phenoxy) is 1. The van der Waals surface area contributed by atoms with Crippen molar-refractivity contribution in [3.05, 3.63) is 59.7 Å². The number of carbonyl (C=O) groups excluding carboxylic acids is 1. The summed E-state index contributed by atoms with van der Waals surface area (Å²) in [5.41, 5.74) is 1.86. The number of aliphatic hydroxyl groups excluding tert-OH is 1. The largest absolute Gasteiger partial charge is 0.493 e. The molecule has 1 unspecified atom stereocenters. The lowest BCUT2D eigenvalue weighted by Crippen LogP contribution is -2.36. The fourth-order valence-electron chi connectivity index (χ4n) is 3.96. The second kappa shape index (κ2) is 12.0. The van der Waals surface area contributed by atoms with E-state index in [4.69, 9.17) is 4.74 Å². The molecule has 1 fully saturated rings. The summed E-state index contributed by atoms with van der Waals surface area (Å²) in [7, 11) is -3.40. The van der Waals surface area contributed by atoms with Gasteiger partial charge in [0.2, 0.25) is 10.0 Å². The molecular weight excluding hydrogens is 442 g/mol. The Bertz CT molecular complexity index is 1030. The number of nitrogens with zero attached hydrogens (tertiary/aromatic N) is 1. The first-order chi connectivity index (χ1) is 15.8. The molecule has 1 heterocycles. The Labute approximate surface area is 196 Å². The van der Waals surface area contributed by atoms with Gasteiger partial charge in [0.05, 0.1) is 12.9 Å². The molecule has 180 valence electrons. The van der Waals surface area contributed by atoms with Crippen molar-refractivity contribution in [3.8, 4) is 5.75 Å². The molecule has 0 saturated carbocycles. The molecule has 0 aliphatic carbocycles. The predicted octanol–water partition coefficient (Wildman–Crippen LogP) is 2.46. The molecule has 1 aliphatic rings. The fraction of sp³-hybridized carbons (Fsp3) is 0.458. The molecule has 2 aromatic rings. The molecule has 1 saturated heterocycles. The Morgan fingerprint density at radius 2 is 2.03 bits per heavy atom. The van der Waals surface area contributed by atoms with E-state index in [9.17, 15) is 18.3 Å². The summed E-state index contributed by atoms with van der Waals surface area (Å²) in [6.07, 6.45) is 3.88. The summed E-state index contributed by atoms with van der Waals surface area (Å²) in [5, 5.41) is 12.3. The van der Waals surface area contributed by atoms with Crippen molar-refractivity contribution in [1.82, 2.24) is 10.2 Å². The van der Waals surface area contributed by atoms with Crippen LogP contribution in [0.3, 0.4) is 0 Å². The van der Waals surface area contributed by atoms with E-state index in [1.165, 1.54) is 6.07 Å². The van der Waals surface area contributed by atoms with Crippen molar-refractivity contribution in [3.63, 3.8) is 0 Å². The number of rotatable bonds is 11. The molecule has 8 nitrogen and oxygen atoms in total. The van der Waals surface area contributed by atoms with E-state index in [1.807, 2.05) is 18.2 Å². The van der Waals surface area contributed by atoms with Crippen LogP contribution in [0.4, 0.5) is 5.69 Å². The van der Waals surface area contributed by atoms with E-state index >= 15 is 0 Å². The van der Waals surface area contributed by atoms with E-state index in [1.54, 1.807) is 18.2 Å². The maximum atomic E-state index is 12.4. The van der Waals surface area contributed by atoms with Gasteiger partial charge in [-0.15, -0.1) is 0 Å². The number of sulfonamides is 1. The van der Waals surface area contributed by atoms with Crippen LogP contribution >= 0.6 is 0 Å². The highest BCUT2D eigenvalue weighted by molar-refractivity contribution is 7.92. The standard InChI is InChI=1S/C24H33N3O5S/c1-33(30,31)26-22-10-4-9-20(15-22)24(29)25-12-6-14-32-23-11-3-2-8-21(23)17-27-13-5-7-19(16-27)18-28/h2-4,8-11,15,19,26,28H,5-7,12-14,16-18H2,1H3,(H,25,29). The normalized spacial score (nSPS) is 16.8. The molecule has 9 heteroatoms. The van der Waals surface area contributed by atoms with Gasteiger partial charge < -0.3 is 15.2 Å². The second-order valence-electron chi connectivity index (χ2n) is 8.45. The zero-order valence-electron chi connectivity index (χ0n) is 19.0. The topological polar surface area (TPSA) is 108 Å². The highest BCUT2D eigenvalue weighted by Crippen LogP contribution is 2.23. The summed E-state index contributed by atoms with van der Waals surface area (Å²) in [6, 6.07) is 14.3. The Hall–Kier alpha value is -2.62. The zero-order chi connectivity index (χ0) is 23.7. The van der Waals surface area contributed by atoms with Crippen LogP contribution in [0.5, 0.6) is 5.75 Å². The Kier molecular flexibility index (Phi) is 9.11. The van der Waals surface area contributed by atoms with Gasteiger partial charge in [0.25, 0.3) is 5.91 Å². The number of aliphatic hydroxyl groups is 1. The average Bonchev–Trinajstić information content (AvgIpc) is 2.79. The third-order valence-corrected chi connectivity index (χ3v) is 6.13. The van der Waals surface area contributed by atoms with Crippen LogP contribution in [0.2, 0.25) is 0 Å². The van der Waals surface area contributed by atoms with Crippen molar-refractivity contribution >= 4 is 21.6 Å². The molecule has 3 N–H and O–H groups in total. The first-order valence-electron chi connectivity index (χ1n) is 11.2. The molecule has 0 bridgehead atoms. The summed E-state index contributed by atoms with van der Waals surface area (Å²) in [4.78, 5) is 14.7. The smallest absolute Gasteiger partial charge is 0.251 e. The number of benzene rings is 2. The SMILES string of the molecule is CS(=O)(=O)Nc1cccc(C(=O)NCCCOc2ccccc2CN2CCCC(CO)C2)c1. The van der Waals surface area contributed by atoms with Crippen LogP contribution in [0.25, 0.3) is 0 Å². The van der Waals surface area contributed by atoms with Crippen molar-refractivity contribution in [2.24, 2.45) is 5.92 Å². The van der Waals surface area contributed by atoms with E-state index in [-0.39, 0.29) is 12.5 Å². The van der Waals surface area contributed by atoms with E-state index in [2.05, 4.69) is 21.0 Å². The molecule has 0 radical (unpaired) electrons. The summed E-state index contributed by atoms with van der Waals surface area (Å²) < 4.78 is 31.1. The number of hydrogen-bond donors (Lipinski definition) is 3. The van der Waals surface area contributed by atoms with Crippen LogP contribution in [-0.2, 0) is 16.6 Å². The van der Waals surface area contributed by atoms with Crippen molar-refractivity contribution in [2.75, 3.05) is 43.8 Å². The highest BCUT2D eigenvalue weighted by atomic mass is 32.2. The minimum atomic E-state index is -3.40. The predicted molar refractivity (Wildman–Crippen MR) is 129 cm³/mol. The van der Waals surface area contributed by atoms with Gasteiger partial charge in [0, 0.05) is 43.1 Å². The van der Waals surface area contributed by atoms with Crippen LogP contribution < -0.4 is 14.8 Å². The summed E-state index contributed by atoms with van der Waals surface area (Å²) in [6.45, 7) is 3.86. The van der Waals surface area contributed by atoms with E-state index in [0.29, 0.717) is 36.7 Å². The number of hydrogen-bond acceptors (Lipinski definition) is 6. The first-order valence-corrected chi connectivity index (χ1v) is 13.1. The summed E-state index contributed by atoms with van der Waals surface area (Å²) >= 11 is 0. The molecule has 3 rings (SSSR count). The molecule has 33 heavy (non-hydrogen) atoms. The number of amides is 1. The fourth-order valence-corrected chi connectivity index (χ4v) is 4.51.